The number of nitrogen functional groups attached to an aromatic ring is 2. The smallest absolute Gasteiger partial charge is 0.423 e. The highest BCUT2D eigenvalue weighted by Gasteiger charge is 2.64. The maximum atomic E-state index is 9.09. The molecule has 6 N–H and O–H groups in total. The summed E-state index contributed by atoms with van der Waals surface area (Å²) in [5, 5.41) is 67.5. The Morgan fingerprint density at radius 2 is 0.788 bits per heavy atom. The molecule has 3 aliphatic heterocycles. The lowest BCUT2D eigenvalue weighted by Gasteiger charge is -2.32. The zero-order valence-electron chi connectivity index (χ0n) is 56.3. The van der Waals surface area contributed by atoms with Gasteiger partial charge < -0.3 is 49.4 Å². The van der Waals surface area contributed by atoms with E-state index in [0.717, 1.165) is 32.2 Å². The molecule has 30 nitrogen and oxygen atoms in total. The van der Waals surface area contributed by atoms with Crippen LogP contribution in [0.1, 0.15) is 90.5 Å². The Balaban J connectivity index is 0.000000170. The van der Waals surface area contributed by atoms with Gasteiger partial charge in [-0.05, 0) is 209 Å². The van der Waals surface area contributed by atoms with E-state index in [4.69, 9.17) is 95.8 Å². The molecule has 522 valence electrons. The fourth-order valence-corrected chi connectivity index (χ4v) is 9.94. The molecule has 0 amide bonds. The Labute approximate surface area is 611 Å². The van der Waals surface area contributed by atoms with E-state index < -0.39 is 39.5 Å². The molecule has 4 aromatic carbocycles. The summed E-state index contributed by atoms with van der Waals surface area (Å²) < 4.78 is 37.5. The van der Waals surface area contributed by atoms with Crippen molar-refractivity contribution in [3.63, 3.8) is 0 Å². The highest BCUT2D eigenvalue weighted by molar-refractivity contribution is 9.10. The van der Waals surface area contributed by atoms with E-state index >= 15 is 0 Å². The number of anilines is 2. The van der Waals surface area contributed by atoms with Gasteiger partial charge in [-0.1, -0.05) is 53.8 Å². The third kappa shape index (κ3) is 20.0. The number of halogens is 6. The van der Waals surface area contributed by atoms with Crippen LogP contribution in [0.5, 0.6) is 0 Å². The zero-order valence-corrected chi connectivity index (χ0v) is 62.5. The lowest BCUT2D eigenvalue weighted by atomic mass is 9.49. The molecule has 13 rings (SSSR count). The summed E-state index contributed by atoms with van der Waals surface area (Å²) >= 11 is 30.7. The first-order chi connectivity index (χ1) is 45.7. The van der Waals surface area contributed by atoms with Gasteiger partial charge in [0.05, 0.1) is 102 Å². The second-order valence-electron chi connectivity index (χ2n) is 25.0. The predicted molar refractivity (Wildman–Crippen MR) is 389 cm³/mol. The zero-order chi connectivity index (χ0) is 72.0. The summed E-state index contributed by atoms with van der Waals surface area (Å²) in [7, 11) is 3.71. The molecule has 0 aliphatic carbocycles. The average molecular weight is 1560 g/mol. The Morgan fingerprint density at radius 1 is 0.434 bits per heavy atom. The first kappa shape index (κ1) is 79.3. The van der Waals surface area contributed by atoms with Gasteiger partial charge in [-0.25, -0.2) is 15.0 Å². The average Bonchev–Trinajstić information content (AvgIpc) is 1.61. The number of tetrazole rings is 4. The van der Waals surface area contributed by atoms with Crippen LogP contribution in [0.25, 0.3) is 56.8 Å². The third-order valence-electron chi connectivity index (χ3n) is 16.1. The number of nitrogens with zero attached hydrogens (tertiary/aromatic N) is 20. The molecule has 0 spiro atoms. The van der Waals surface area contributed by atoms with E-state index in [1.54, 1.807) is 70.9 Å². The van der Waals surface area contributed by atoms with Gasteiger partial charge in [0.1, 0.15) is 16.2 Å². The lowest BCUT2D eigenvalue weighted by Crippen LogP contribution is -2.41. The topological polar surface area (TPSA) is 374 Å². The van der Waals surface area contributed by atoms with Gasteiger partial charge in [0.15, 0.2) is 0 Å². The number of aromatic nitrogens is 20. The molecule has 99 heavy (non-hydrogen) atoms. The summed E-state index contributed by atoms with van der Waals surface area (Å²) in [6.45, 7) is 24.2. The lowest BCUT2D eigenvalue weighted by molar-refractivity contribution is 0.00578. The molecule has 40 heteroatoms. The molecule has 3 fully saturated rings. The first-order valence-electron chi connectivity index (χ1n) is 29.8. The Bertz CT molecular complexity index is 4260. The number of benzene rings is 4. The van der Waals surface area contributed by atoms with Crippen molar-refractivity contribution in [2.75, 3.05) is 11.5 Å². The number of hydrogen-bond donors (Lipinski definition) is 4. The SMILES string of the molecule is C.CC1(C)OB(B2OC(C)(C)C(C)(C)O2)OC1(C)C.Cn1nnc(-c2ccc(Cl)c(-c3cnc(N)cn3)c2)n1.Cn1nnc(-c2ccc(Cl)c(B(O)O)c2)n1.Cn1nnc(-c2ccc(Cl)c(B3OC(C)(C)C(C)(C)O3)c2)n1.Cn1nnc(-c2ccc(Cl)c(Br)c2)n1.Nc1cnc(Br)cn1. The van der Waals surface area contributed by atoms with Crippen molar-refractivity contribution in [2.45, 2.75) is 124 Å². The van der Waals surface area contributed by atoms with Crippen LogP contribution in [0.3, 0.4) is 0 Å². The largest absolute Gasteiger partial charge is 0.496 e. The number of nitrogens with two attached hydrogens (primary N) is 2. The first-order valence-corrected chi connectivity index (χ1v) is 32.9. The predicted octanol–water partition coefficient (Wildman–Crippen LogP) is 8.61. The van der Waals surface area contributed by atoms with Gasteiger partial charge in [0.2, 0.25) is 23.3 Å². The van der Waals surface area contributed by atoms with Crippen molar-refractivity contribution >= 4 is 129 Å². The van der Waals surface area contributed by atoms with E-state index in [0.29, 0.717) is 65.9 Å². The van der Waals surface area contributed by atoms with Crippen LogP contribution in [0, 0.1) is 0 Å². The molecule has 0 bridgehead atoms. The van der Waals surface area contributed by atoms with Crippen molar-refractivity contribution in [3.8, 4) is 56.8 Å². The molecule has 0 radical (unpaired) electrons. The van der Waals surface area contributed by atoms with Gasteiger partial charge in [0, 0.05) is 53.3 Å². The summed E-state index contributed by atoms with van der Waals surface area (Å²) in [6, 6.07) is 21.2. The Morgan fingerprint density at radius 3 is 1.14 bits per heavy atom. The van der Waals surface area contributed by atoms with Crippen molar-refractivity contribution in [1.82, 2.24) is 101 Å². The van der Waals surface area contributed by atoms with Gasteiger partial charge >= 0.3 is 28.3 Å². The fraction of sp³-hybridized carbons (Fsp3) is 0.390. The summed E-state index contributed by atoms with van der Waals surface area (Å²) in [5.41, 5.74) is 14.0. The number of rotatable bonds is 8. The third-order valence-corrected chi connectivity index (χ3v) is 18.7. The minimum atomic E-state index is -1.62. The van der Waals surface area contributed by atoms with Crippen molar-refractivity contribution in [1.29, 1.82) is 0 Å². The van der Waals surface area contributed by atoms with Crippen LogP contribution in [0.15, 0.2) is 107 Å². The molecule has 3 aliphatic rings. The second-order valence-corrected chi connectivity index (χ2v) is 28.3. The van der Waals surface area contributed by atoms with Crippen LogP contribution in [0.2, 0.25) is 20.1 Å². The second kappa shape index (κ2) is 32.3. The van der Waals surface area contributed by atoms with E-state index in [2.05, 4.69) is 113 Å². The highest BCUT2D eigenvalue weighted by Crippen LogP contribution is 2.43. The van der Waals surface area contributed by atoms with Crippen LogP contribution in [0.4, 0.5) is 11.6 Å². The number of aryl methyl sites for hydroxylation is 4. The van der Waals surface area contributed by atoms with E-state index in [9.17, 15) is 0 Å². The molecule has 9 heterocycles. The van der Waals surface area contributed by atoms with Crippen molar-refractivity contribution in [2.24, 2.45) is 28.2 Å². The minimum absolute atomic E-state index is 0. The molecule has 6 aromatic heterocycles. The molecule has 0 saturated carbocycles. The Kier molecular flexibility index (Phi) is 25.9. The van der Waals surface area contributed by atoms with E-state index in [1.165, 1.54) is 37.6 Å². The van der Waals surface area contributed by atoms with E-state index in [-0.39, 0.29) is 40.3 Å². The van der Waals surface area contributed by atoms with Crippen molar-refractivity contribution in [3.05, 3.63) is 127 Å². The van der Waals surface area contributed by atoms with Gasteiger partial charge in [-0.15, -0.1) is 40.8 Å². The summed E-state index contributed by atoms with van der Waals surface area (Å²) in [4.78, 5) is 21.3. The molecule has 3 saturated heterocycles. The van der Waals surface area contributed by atoms with Crippen LogP contribution in [-0.4, -0.2) is 173 Å². The normalized spacial score (nSPS) is 16.3. The van der Waals surface area contributed by atoms with Gasteiger partial charge in [-0.3, -0.25) is 4.98 Å². The molecule has 0 atom stereocenters. The summed E-state index contributed by atoms with van der Waals surface area (Å²) in [6.07, 6.45) is 6.10. The van der Waals surface area contributed by atoms with Crippen molar-refractivity contribution < 1.29 is 38.0 Å². The fourth-order valence-electron chi connectivity index (χ4n) is 8.61. The standard InChI is InChI=1S/C14H18BClN4O2.C12H24B2O4.C12H10ClN7.C8H8BClN4O2.C8H6BrClN4.C4H4BrN3.CH4/c1-13(2)14(3,4)22-15(21-13)10-8-9(6-7-11(10)16)12-17-19-20(5)18-12;1-9(2)10(3,4)16-13(15-9)14-17-11(5,6)12(7,8)18-14;1-20-18-12(17-19-20)7-2-3-9(13)8(4-7)10-5-16-11(14)6-15-10;1-14-12-8(11-13-14)5-2-3-7(10)6(4-5)9(15)16;1-14-12-8(11-13-14)5-2-3-7(10)6(9)4-5;5-3-1-8-4(6)2-7-3;/h6-8H,1-5H3;1-8H3;2-6H,1H3,(H2,14,16);2-4,15-16H,1H3;2-4H,1H3;1-2H,(H2,6,8);1H4. The van der Waals surface area contributed by atoms with Crippen LogP contribution >= 0.6 is 78.3 Å². The maximum absolute atomic E-state index is 9.09. The van der Waals surface area contributed by atoms with Crippen LogP contribution in [-0.2, 0) is 56.1 Å². The minimum Gasteiger partial charge on any atom is -0.423 e. The molecular weight excluding hydrogens is 1490 g/mol. The molecular formula is C59H74B4Br2Cl4N22O8. The van der Waals surface area contributed by atoms with E-state index in [1.807, 2.05) is 119 Å². The monoisotopic (exact) mass is 1560 g/mol. The Hall–Kier alpha value is -7.02. The van der Waals surface area contributed by atoms with Gasteiger partial charge in [-0.2, -0.15) is 19.2 Å². The quantitative estimate of drug-likeness (QED) is 0.103. The molecule has 10 aromatic rings. The molecule has 0 unspecified atom stereocenters. The van der Waals surface area contributed by atoms with Gasteiger partial charge in [0.25, 0.3) is 0 Å². The van der Waals surface area contributed by atoms with Crippen LogP contribution < -0.4 is 22.4 Å². The number of hydrogen-bond acceptors (Lipinski definition) is 26. The highest BCUT2D eigenvalue weighted by atomic mass is 79.9. The maximum Gasteiger partial charge on any atom is 0.496 e. The summed E-state index contributed by atoms with van der Waals surface area (Å²) in [5.74, 6) is 2.85.